The van der Waals surface area contributed by atoms with Crippen LogP contribution in [0.25, 0.3) is 11.3 Å². The monoisotopic (exact) mass is 387 g/mol. The van der Waals surface area contributed by atoms with Crippen LogP contribution in [0.4, 0.5) is 0 Å². The summed E-state index contributed by atoms with van der Waals surface area (Å²) in [6.07, 6.45) is 9.67. The Balaban J connectivity index is 0.000000497. The molecule has 0 aliphatic heterocycles. The molecule has 0 aliphatic rings. The number of allylic oxidation sites excluding steroid dienone is 7. The van der Waals surface area contributed by atoms with Crippen LogP contribution < -0.4 is 0 Å². The number of aryl methyl sites for hydroxylation is 3. The van der Waals surface area contributed by atoms with Crippen molar-refractivity contribution in [3.8, 4) is 11.3 Å². The second-order valence-electron chi connectivity index (χ2n) is 7.10. The van der Waals surface area contributed by atoms with Gasteiger partial charge in [-0.1, -0.05) is 66.8 Å². The molecule has 2 aromatic rings. The van der Waals surface area contributed by atoms with Gasteiger partial charge in [-0.2, -0.15) is 0 Å². The van der Waals surface area contributed by atoms with Crippen LogP contribution in [0.1, 0.15) is 44.4 Å². The fourth-order valence-corrected chi connectivity index (χ4v) is 2.44. The van der Waals surface area contributed by atoms with Crippen LogP contribution in [0.3, 0.4) is 0 Å². The molecule has 0 saturated carbocycles. The van der Waals surface area contributed by atoms with Crippen LogP contribution in [0, 0.1) is 20.8 Å². The third-order valence-corrected chi connectivity index (χ3v) is 4.03. The lowest BCUT2D eigenvalue weighted by Gasteiger charge is -2.06. The van der Waals surface area contributed by atoms with E-state index in [-0.39, 0.29) is 0 Å². The Morgan fingerprint density at radius 3 is 2.00 bits per heavy atom. The predicted molar refractivity (Wildman–Crippen MR) is 132 cm³/mol. The molecule has 1 heterocycles. The number of benzene rings is 1. The summed E-state index contributed by atoms with van der Waals surface area (Å²) >= 11 is 0. The van der Waals surface area contributed by atoms with Crippen LogP contribution in [0.15, 0.2) is 97.3 Å². The average molecular weight is 388 g/mol. The van der Waals surface area contributed by atoms with Crippen molar-refractivity contribution in [2.75, 3.05) is 0 Å². The van der Waals surface area contributed by atoms with Gasteiger partial charge in [0.1, 0.15) is 0 Å². The predicted octanol–water partition coefficient (Wildman–Crippen LogP) is 8.51. The lowest BCUT2D eigenvalue weighted by molar-refractivity contribution is 1.26. The molecule has 0 bridgehead atoms. The molecule has 1 heteroatoms. The Morgan fingerprint density at radius 2 is 1.55 bits per heavy atom. The molecule has 0 aliphatic carbocycles. The number of hydrogen-bond donors (Lipinski definition) is 0. The number of aromatic nitrogens is 1. The summed E-state index contributed by atoms with van der Waals surface area (Å²) in [6, 6.07) is 10.6. The summed E-state index contributed by atoms with van der Waals surface area (Å²) in [4.78, 5) is 4.42. The highest BCUT2D eigenvalue weighted by Crippen LogP contribution is 2.22. The molecule has 0 spiro atoms. The van der Waals surface area contributed by atoms with Crippen molar-refractivity contribution in [3.63, 3.8) is 0 Å². The average Bonchev–Trinajstić information content (AvgIpc) is 2.65. The minimum atomic E-state index is 1.06. The first-order valence-corrected chi connectivity index (χ1v) is 9.89. The number of pyridine rings is 1. The molecule has 0 unspecified atom stereocenters. The first-order chi connectivity index (χ1) is 13.7. The Morgan fingerprint density at radius 1 is 0.931 bits per heavy atom. The molecular formula is C28H37N. The summed E-state index contributed by atoms with van der Waals surface area (Å²) in [6.45, 7) is 25.3. The normalized spacial score (nSPS) is 10.4. The van der Waals surface area contributed by atoms with Crippen LogP contribution in [-0.4, -0.2) is 4.98 Å². The summed E-state index contributed by atoms with van der Waals surface area (Å²) in [7, 11) is 0. The number of nitrogens with zero attached hydrogens (tertiary/aromatic N) is 1. The van der Waals surface area contributed by atoms with E-state index < -0.39 is 0 Å². The second kappa shape index (κ2) is 14.1. The molecule has 0 saturated heterocycles. The van der Waals surface area contributed by atoms with Crippen molar-refractivity contribution in [1.29, 1.82) is 0 Å². The molecular weight excluding hydrogens is 350 g/mol. The molecule has 0 N–H and O–H groups in total. The zero-order valence-corrected chi connectivity index (χ0v) is 19.3. The van der Waals surface area contributed by atoms with Gasteiger partial charge in [-0.3, -0.25) is 4.98 Å². The zero-order valence-electron chi connectivity index (χ0n) is 19.3. The second-order valence-corrected chi connectivity index (χ2v) is 7.10. The van der Waals surface area contributed by atoms with E-state index in [2.05, 4.69) is 69.8 Å². The SMILES string of the molecule is C=C(C)/C=C(/C=C\C)C(=C)C.C=CC.Cc1ccc(-c2ncccc2C)cc1C. The van der Waals surface area contributed by atoms with Gasteiger partial charge in [0, 0.05) is 11.8 Å². The van der Waals surface area contributed by atoms with E-state index in [0.29, 0.717) is 0 Å². The summed E-state index contributed by atoms with van der Waals surface area (Å²) < 4.78 is 0. The van der Waals surface area contributed by atoms with Gasteiger partial charge >= 0.3 is 0 Å². The maximum absolute atomic E-state index is 4.42. The van der Waals surface area contributed by atoms with Gasteiger partial charge in [-0.15, -0.1) is 6.58 Å². The molecule has 1 aromatic carbocycles. The zero-order chi connectivity index (χ0) is 22.4. The van der Waals surface area contributed by atoms with Crippen LogP contribution in [0.2, 0.25) is 0 Å². The Bertz CT molecular complexity index is 879. The molecule has 29 heavy (non-hydrogen) atoms. The van der Waals surface area contributed by atoms with E-state index in [1.54, 1.807) is 6.08 Å². The van der Waals surface area contributed by atoms with Gasteiger partial charge in [0.2, 0.25) is 0 Å². The lowest BCUT2D eigenvalue weighted by Crippen LogP contribution is -1.89. The van der Waals surface area contributed by atoms with Crippen LogP contribution >= 0.6 is 0 Å². The Kier molecular flexibility index (Phi) is 12.7. The topological polar surface area (TPSA) is 12.9 Å². The van der Waals surface area contributed by atoms with E-state index in [1.807, 2.05) is 58.2 Å². The third-order valence-electron chi connectivity index (χ3n) is 4.03. The summed E-state index contributed by atoms with van der Waals surface area (Å²) in [5.74, 6) is 0. The minimum absolute atomic E-state index is 1.06. The first kappa shape index (κ1) is 26.1. The van der Waals surface area contributed by atoms with E-state index in [0.717, 1.165) is 22.4 Å². The van der Waals surface area contributed by atoms with Gasteiger partial charge in [0.15, 0.2) is 0 Å². The molecule has 0 fully saturated rings. The highest BCUT2D eigenvalue weighted by molar-refractivity contribution is 5.64. The fourth-order valence-electron chi connectivity index (χ4n) is 2.44. The van der Waals surface area contributed by atoms with E-state index in [1.165, 1.54) is 22.3 Å². The fraction of sp³-hybridized carbons (Fsp3) is 0.250. The molecule has 0 radical (unpaired) electrons. The van der Waals surface area contributed by atoms with Gasteiger partial charge in [-0.25, -0.2) is 0 Å². The molecule has 1 nitrogen and oxygen atoms in total. The maximum Gasteiger partial charge on any atom is 0.0731 e. The van der Waals surface area contributed by atoms with Crippen molar-refractivity contribution < 1.29 is 0 Å². The van der Waals surface area contributed by atoms with Gasteiger partial charge < -0.3 is 0 Å². The molecule has 154 valence electrons. The summed E-state index contributed by atoms with van der Waals surface area (Å²) in [5.41, 5.74) is 9.44. The molecule has 0 atom stereocenters. The largest absolute Gasteiger partial charge is 0.256 e. The highest BCUT2D eigenvalue weighted by atomic mass is 14.7. The standard InChI is InChI=1S/C14H15N.C11H16.C3H6/c1-10-6-7-13(9-12(10)3)14-11(2)5-4-8-15-14;1-6-7-11(10(4)5)8-9(2)3;1-3-2/h4-9H,1-3H3;6-8H,2,4H2,1,3,5H3;3H,1H2,2H3/b;7-6-,11-8-;. The van der Waals surface area contributed by atoms with Crippen molar-refractivity contribution >= 4 is 0 Å². The van der Waals surface area contributed by atoms with Crippen molar-refractivity contribution in [2.45, 2.75) is 48.5 Å². The minimum Gasteiger partial charge on any atom is -0.256 e. The van der Waals surface area contributed by atoms with E-state index in [4.69, 9.17) is 0 Å². The van der Waals surface area contributed by atoms with Gasteiger partial charge in [0.05, 0.1) is 5.69 Å². The first-order valence-electron chi connectivity index (χ1n) is 9.89. The maximum atomic E-state index is 4.42. The molecule has 0 amide bonds. The third kappa shape index (κ3) is 10.3. The number of hydrogen-bond acceptors (Lipinski definition) is 1. The van der Waals surface area contributed by atoms with Crippen LogP contribution in [0.5, 0.6) is 0 Å². The van der Waals surface area contributed by atoms with E-state index in [9.17, 15) is 0 Å². The number of rotatable bonds is 4. The van der Waals surface area contributed by atoms with Gasteiger partial charge in [-0.05, 0) is 82.9 Å². The Hall–Kier alpha value is -2.93. The van der Waals surface area contributed by atoms with Crippen molar-refractivity contribution in [2.24, 2.45) is 0 Å². The van der Waals surface area contributed by atoms with Crippen molar-refractivity contribution in [3.05, 3.63) is 114 Å². The van der Waals surface area contributed by atoms with E-state index >= 15 is 0 Å². The van der Waals surface area contributed by atoms with Gasteiger partial charge in [0.25, 0.3) is 0 Å². The smallest absolute Gasteiger partial charge is 0.0731 e. The lowest BCUT2D eigenvalue weighted by atomic mass is 10.0. The Labute approximate surface area is 178 Å². The summed E-state index contributed by atoms with van der Waals surface area (Å²) in [5, 5.41) is 0. The molecule has 2 rings (SSSR count). The molecule has 1 aromatic heterocycles. The van der Waals surface area contributed by atoms with Crippen LogP contribution in [-0.2, 0) is 0 Å². The van der Waals surface area contributed by atoms with Crippen molar-refractivity contribution in [1.82, 2.24) is 4.98 Å². The quantitative estimate of drug-likeness (QED) is 0.378. The highest BCUT2D eigenvalue weighted by Gasteiger charge is 2.03.